The Morgan fingerprint density at radius 2 is 1.96 bits per heavy atom. The monoisotopic (exact) mass is 344 g/mol. The Morgan fingerprint density at radius 1 is 1.28 bits per heavy atom. The molecule has 25 heavy (non-hydrogen) atoms. The van der Waals surface area contributed by atoms with Crippen LogP contribution in [0, 0.1) is 13.8 Å². The maximum absolute atomic E-state index is 12.9. The van der Waals surface area contributed by atoms with E-state index in [0.29, 0.717) is 12.1 Å². The maximum Gasteiger partial charge on any atom is 0.330 e. The van der Waals surface area contributed by atoms with E-state index in [4.69, 9.17) is 5.73 Å². The number of aromatic amines is 1. The van der Waals surface area contributed by atoms with E-state index < -0.39 is 11.2 Å². The van der Waals surface area contributed by atoms with Gasteiger partial charge in [-0.25, -0.2) is 4.79 Å². The first-order valence-electron chi connectivity index (χ1n) is 8.25. The molecule has 1 aromatic heterocycles. The van der Waals surface area contributed by atoms with Crippen molar-refractivity contribution in [2.24, 2.45) is 0 Å². The van der Waals surface area contributed by atoms with Crippen molar-refractivity contribution in [3.05, 3.63) is 55.7 Å². The average molecular weight is 344 g/mol. The largest absolute Gasteiger partial charge is 0.383 e. The van der Waals surface area contributed by atoms with Gasteiger partial charge in [-0.05, 0) is 31.9 Å². The van der Waals surface area contributed by atoms with Gasteiger partial charge in [0.2, 0.25) is 0 Å². The van der Waals surface area contributed by atoms with Crippen molar-refractivity contribution in [2.45, 2.75) is 40.2 Å². The number of carbonyl (C=O) groups excluding carboxylic acids is 1. The SMILES string of the molecule is CCCCn1c(N)c(N(C)C(=O)c2cc(C)ccc2C)c(=O)[nH]c1=O. The van der Waals surface area contributed by atoms with E-state index in [1.165, 1.54) is 16.5 Å². The molecular weight excluding hydrogens is 320 g/mol. The van der Waals surface area contributed by atoms with Gasteiger partial charge in [-0.15, -0.1) is 0 Å². The first-order valence-corrected chi connectivity index (χ1v) is 8.25. The highest BCUT2D eigenvalue weighted by Crippen LogP contribution is 2.20. The fourth-order valence-electron chi connectivity index (χ4n) is 2.69. The minimum atomic E-state index is -0.670. The van der Waals surface area contributed by atoms with Crippen LogP contribution in [0.4, 0.5) is 11.5 Å². The molecule has 3 N–H and O–H groups in total. The number of nitrogen functional groups attached to an aromatic ring is 1. The number of anilines is 2. The number of rotatable bonds is 5. The second kappa shape index (κ2) is 7.38. The van der Waals surface area contributed by atoms with Gasteiger partial charge in [0.1, 0.15) is 5.82 Å². The summed E-state index contributed by atoms with van der Waals surface area (Å²) in [6.45, 7) is 6.10. The molecule has 7 heteroatoms. The molecule has 0 radical (unpaired) electrons. The van der Waals surface area contributed by atoms with Crippen molar-refractivity contribution < 1.29 is 4.79 Å². The van der Waals surface area contributed by atoms with Crippen LogP contribution in [-0.2, 0) is 6.54 Å². The van der Waals surface area contributed by atoms with Crippen LogP contribution in [0.25, 0.3) is 0 Å². The molecule has 7 nitrogen and oxygen atoms in total. The van der Waals surface area contributed by atoms with Gasteiger partial charge in [-0.3, -0.25) is 19.1 Å². The van der Waals surface area contributed by atoms with Crippen molar-refractivity contribution in [1.82, 2.24) is 9.55 Å². The van der Waals surface area contributed by atoms with Gasteiger partial charge in [0, 0.05) is 19.2 Å². The molecule has 2 aromatic rings. The summed E-state index contributed by atoms with van der Waals surface area (Å²) in [6, 6.07) is 5.54. The predicted molar refractivity (Wildman–Crippen MR) is 99.3 cm³/mol. The summed E-state index contributed by atoms with van der Waals surface area (Å²) < 4.78 is 1.30. The van der Waals surface area contributed by atoms with E-state index >= 15 is 0 Å². The molecule has 0 aliphatic heterocycles. The topological polar surface area (TPSA) is 101 Å². The van der Waals surface area contributed by atoms with Crippen LogP contribution >= 0.6 is 0 Å². The first-order chi connectivity index (χ1) is 11.8. The van der Waals surface area contributed by atoms with Crippen LogP contribution < -0.4 is 21.9 Å². The number of hydrogen-bond acceptors (Lipinski definition) is 4. The summed E-state index contributed by atoms with van der Waals surface area (Å²) in [5.74, 6) is -0.345. The lowest BCUT2D eigenvalue weighted by Crippen LogP contribution is -2.39. The Hall–Kier alpha value is -2.83. The summed E-state index contributed by atoms with van der Waals surface area (Å²) in [6.07, 6.45) is 1.61. The molecule has 0 bridgehead atoms. The molecule has 0 saturated carbocycles. The maximum atomic E-state index is 12.9. The number of amides is 1. The van der Waals surface area contributed by atoms with Gasteiger partial charge in [-0.1, -0.05) is 31.0 Å². The van der Waals surface area contributed by atoms with Gasteiger partial charge < -0.3 is 10.6 Å². The van der Waals surface area contributed by atoms with Gasteiger partial charge in [0.15, 0.2) is 5.69 Å². The molecule has 1 amide bonds. The fraction of sp³-hybridized carbons (Fsp3) is 0.389. The number of nitrogens with one attached hydrogen (secondary N) is 1. The predicted octanol–water partition coefficient (Wildman–Crippen LogP) is 1.81. The number of unbranched alkanes of at least 4 members (excludes halogenated alkanes) is 1. The summed E-state index contributed by atoms with van der Waals surface area (Å²) in [7, 11) is 1.49. The van der Waals surface area contributed by atoms with E-state index in [1.807, 2.05) is 32.9 Å². The third-order valence-corrected chi connectivity index (χ3v) is 4.21. The van der Waals surface area contributed by atoms with E-state index in [9.17, 15) is 14.4 Å². The smallest absolute Gasteiger partial charge is 0.330 e. The molecule has 134 valence electrons. The van der Waals surface area contributed by atoms with Crippen LogP contribution in [0.15, 0.2) is 27.8 Å². The Balaban J connectivity index is 2.53. The van der Waals surface area contributed by atoms with E-state index in [0.717, 1.165) is 24.0 Å². The number of H-pyrrole nitrogens is 1. The molecule has 0 aliphatic carbocycles. The number of benzene rings is 1. The molecule has 0 unspecified atom stereocenters. The van der Waals surface area contributed by atoms with Crippen molar-refractivity contribution in [1.29, 1.82) is 0 Å². The summed E-state index contributed by atoms with van der Waals surface area (Å²) in [5.41, 5.74) is 7.05. The quantitative estimate of drug-likeness (QED) is 0.863. The van der Waals surface area contributed by atoms with Crippen LogP contribution in [0.3, 0.4) is 0 Å². The molecule has 0 fully saturated rings. The second-order valence-corrected chi connectivity index (χ2v) is 6.18. The first kappa shape index (κ1) is 18.5. The van der Waals surface area contributed by atoms with Crippen LogP contribution in [0.5, 0.6) is 0 Å². The highest BCUT2D eigenvalue weighted by molar-refractivity contribution is 6.07. The molecule has 0 spiro atoms. The minimum Gasteiger partial charge on any atom is -0.383 e. The number of hydrogen-bond donors (Lipinski definition) is 2. The highest BCUT2D eigenvalue weighted by Gasteiger charge is 2.23. The van der Waals surface area contributed by atoms with Crippen LogP contribution in [0.2, 0.25) is 0 Å². The standard InChI is InChI=1S/C18H24N4O3/c1-5-6-9-22-15(19)14(16(23)20-18(22)25)21(4)17(24)13-10-11(2)7-8-12(13)3/h7-8,10H,5-6,9,19H2,1-4H3,(H,20,23,25). The molecule has 0 saturated heterocycles. The minimum absolute atomic E-state index is 0.00311. The zero-order valence-electron chi connectivity index (χ0n) is 15.0. The molecule has 1 heterocycles. The lowest BCUT2D eigenvalue weighted by molar-refractivity contribution is 0.0992. The zero-order valence-corrected chi connectivity index (χ0v) is 15.0. The summed E-state index contributed by atoms with van der Waals surface area (Å²) in [4.78, 5) is 40.6. The Labute approximate surface area is 146 Å². The normalized spacial score (nSPS) is 10.7. The van der Waals surface area contributed by atoms with Crippen molar-refractivity contribution in [3.63, 3.8) is 0 Å². The number of nitrogens with two attached hydrogens (primary N) is 1. The lowest BCUT2D eigenvalue weighted by Gasteiger charge is -2.21. The van der Waals surface area contributed by atoms with Gasteiger partial charge in [0.25, 0.3) is 11.5 Å². The van der Waals surface area contributed by atoms with Crippen molar-refractivity contribution >= 4 is 17.4 Å². The van der Waals surface area contributed by atoms with Crippen molar-refractivity contribution in [2.75, 3.05) is 17.7 Å². The molecular formula is C18H24N4O3. The Morgan fingerprint density at radius 3 is 2.60 bits per heavy atom. The van der Waals surface area contributed by atoms with E-state index in [-0.39, 0.29) is 17.4 Å². The van der Waals surface area contributed by atoms with E-state index in [1.54, 1.807) is 6.07 Å². The number of aryl methyl sites for hydroxylation is 2. The molecule has 0 aliphatic rings. The lowest BCUT2D eigenvalue weighted by atomic mass is 10.0. The molecule has 1 aromatic carbocycles. The van der Waals surface area contributed by atoms with Crippen LogP contribution in [-0.4, -0.2) is 22.5 Å². The van der Waals surface area contributed by atoms with Gasteiger partial charge in [0.05, 0.1) is 0 Å². The average Bonchev–Trinajstić information content (AvgIpc) is 2.55. The summed E-state index contributed by atoms with van der Waals surface area (Å²) in [5, 5.41) is 0. The Bertz CT molecular complexity index is 912. The number of nitrogens with zero attached hydrogens (tertiary/aromatic N) is 2. The van der Waals surface area contributed by atoms with Crippen LogP contribution in [0.1, 0.15) is 41.3 Å². The molecule has 0 atom stereocenters. The fourth-order valence-corrected chi connectivity index (χ4v) is 2.69. The Kier molecular flexibility index (Phi) is 5.46. The molecule has 2 rings (SSSR count). The van der Waals surface area contributed by atoms with Gasteiger partial charge in [-0.2, -0.15) is 0 Å². The number of carbonyl (C=O) groups is 1. The third kappa shape index (κ3) is 3.65. The van der Waals surface area contributed by atoms with Crippen molar-refractivity contribution in [3.8, 4) is 0 Å². The summed E-state index contributed by atoms with van der Waals surface area (Å²) >= 11 is 0. The van der Waals surface area contributed by atoms with E-state index in [2.05, 4.69) is 4.98 Å². The number of aromatic nitrogens is 2. The third-order valence-electron chi connectivity index (χ3n) is 4.21. The highest BCUT2D eigenvalue weighted by atomic mass is 16.2. The zero-order chi connectivity index (χ0) is 18.7. The second-order valence-electron chi connectivity index (χ2n) is 6.18. The van der Waals surface area contributed by atoms with Gasteiger partial charge >= 0.3 is 5.69 Å².